The number of amides is 2. The summed E-state index contributed by atoms with van der Waals surface area (Å²) in [6.07, 6.45) is 2.26. The van der Waals surface area contributed by atoms with Crippen LogP contribution >= 0.6 is 11.3 Å². The van der Waals surface area contributed by atoms with Crippen LogP contribution in [0.2, 0.25) is 0 Å². The van der Waals surface area contributed by atoms with Crippen LogP contribution in [-0.2, 0) is 17.6 Å². The maximum absolute atomic E-state index is 11.8. The van der Waals surface area contributed by atoms with Gasteiger partial charge in [-0.3, -0.25) is 10.1 Å². The molecule has 3 N–H and O–H groups in total. The zero-order chi connectivity index (χ0) is 14.2. The lowest BCUT2D eigenvalue weighted by molar-refractivity contribution is 0.0636. The molecule has 0 spiro atoms. The molecule has 6 heteroatoms. The highest BCUT2D eigenvalue weighted by Gasteiger charge is 2.27. The van der Waals surface area contributed by atoms with Gasteiger partial charge < -0.3 is 10.5 Å². The van der Waals surface area contributed by atoms with E-state index in [1.807, 2.05) is 0 Å². The molecule has 1 aliphatic rings. The number of hydrogen-bond acceptors (Lipinski definition) is 4. The van der Waals surface area contributed by atoms with E-state index in [0.717, 1.165) is 29.7 Å². The van der Waals surface area contributed by atoms with Gasteiger partial charge in [0.2, 0.25) is 0 Å². The molecule has 0 atom stereocenters. The number of fused-ring (bicyclic) bond motifs is 1. The van der Waals surface area contributed by atoms with Crippen molar-refractivity contribution in [1.82, 2.24) is 0 Å². The molecule has 0 saturated carbocycles. The fourth-order valence-electron chi connectivity index (χ4n) is 2.15. The number of rotatable bonds is 2. The van der Waals surface area contributed by atoms with Crippen LogP contribution < -0.4 is 11.1 Å². The number of carbonyl (C=O) groups is 2. The van der Waals surface area contributed by atoms with Gasteiger partial charge in [0.15, 0.2) is 0 Å². The summed E-state index contributed by atoms with van der Waals surface area (Å²) < 4.78 is 5.18. The number of nitrogens with one attached hydrogen (secondary N) is 1. The Morgan fingerprint density at radius 3 is 2.58 bits per heavy atom. The highest BCUT2D eigenvalue weighted by atomic mass is 32.1. The topological polar surface area (TPSA) is 81.4 Å². The molecule has 0 radical (unpaired) electrons. The molecule has 0 unspecified atom stereocenters. The second kappa shape index (κ2) is 4.85. The SMILES string of the molecule is CC(C)(C)OC(=O)Nc1sc2c(c1C(N)=O)CCC2. The maximum atomic E-state index is 11.8. The number of anilines is 1. The summed E-state index contributed by atoms with van der Waals surface area (Å²) in [5.74, 6) is -0.495. The number of ether oxygens (including phenoxy) is 1. The van der Waals surface area contributed by atoms with Crippen molar-refractivity contribution in [3.63, 3.8) is 0 Å². The summed E-state index contributed by atoms with van der Waals surface area (Å²) in [5, 5.41) is 3.14. The molecule has 1 heterocycles. The number of thiophene rings is 1. The molecule has 1 aromatic rings. The minimum absolute atomic E-state index is 0.448. The van der Waals surface area contributed by atoms with E-state index in [2.05, 4.69) is 5.32 Å². The van der Waals surface area contributed by atoms with Crippen LogP contribution in [0.4, 0.5) is 9.80 Å². The van der Waals surface area contributed by atoms with Crippen molar-refractivity contribution in [3.8, 4) is 0 Å². The highest BCUT2D eigenvalue weighted by molar-refractivity contribution is 7.17. The number of aryl methyl sites for hydroxylation is 1. The van der Waals surface area contributed by atoms with Crippen molar-refractivity contribution in [2.24, 2.45) is 5.73 Å². The molecule has 1 aliphatic carbocycles. The van der Waals surface area contributed by atoms with Gasteiger partial charge >= 0.3 is 6.09 Å². The quantitative estimate of drug-likeness (QED) is 0.875. The number of primary amides is 1. The lowest BCUT2D eigenvalue weighted by Gasteiger charge is -2.19. The van der Waals surface area contributed by atoms with E-state index in [-0.39, 0.29) is 0 Å². The molecule has 0 aromatic carbocycles. The normalized spacial score (nSPS) is 14.1. The van der Waals surface area contributed by atoms with Crippen LogP contribution in [0.15, 0.2) is 0 Å². The Balaban J connectivity index is 2.22. The average molecular weight is 282 g/mol. The highest BCUT2D eigenvalue weighted by Crippen LogP contribution is 2.38. The van der Waals surface area contributed by atoms with E-state index in [4.69, 9.17) is 10.5 Å². The van der Waals surface area contributed by atoms with Crippen molar-refractivity contribution >= 4 is 28.3 Å². The predicted octanol–water partition coefficient (Wildman–Crippen LogP) is 2.68. The van der Waals surface area contributed by atoms with Crippen LogP contribution in [0.5, 0.6) is 0 Å². The van der Waals surface area contributed by atoms with E-state index < -0.39 is 17.6 Å². The van der Waals surface area contributed by atoms with Gasteiger partial charge in [0.05, 0.1) is 5.56 Å². The second-order valence-electron chi connectivity index (χ2n) is 5.55. The van der Waals surface area contributed by atoms with Gasteiger partial charge in [-0.05, 0) is 45.6 Å². The third-order valence-corrected chi connectivity index (χ3v) is 3.99. The molecule has 1 aromatic heterocycles. The standard InChI is InChI=1S/C13H18N2O3S/c1-13(2,3)18-12(17)15-11-9(10(14)16)7-5-4-6-8(7)19-11/h4-6H2,1-3H3,(H2,14,16)(H,15,17). The summed E-state index contributed by atoms with van der Waals surface area (Å²) in [7, 11) is 0. The van der Waals surface area contributed by atoms with E-state index in [1.54, 1.807) is 20.8 Å². The van der Waals surface area contributed by atoms with Gasteiger partial charge in [-0.2, -0.15) is 0 Å². The Labute approximate surface area is 116 Å². The molecular formula is C13H18N2O3S. The smallest absolute Gasteiger partial charge is 0.412 e. The van der Waals surface area contributed by atoms with Crippen molar-refractivity contribution < 1.29 is 14.3 Å². The second-order valence-corrected chi connectivity index (χ2v) is 6.66. The molecule has 0 fully saturated rings. The first-order valence-corrected chi connectivity index (χ1v) is 7.04. The molecule has 2 amide bonds. The summed E-state index contributed by atoms with van der Waals surface area (Å²) in [4.78, 5) is 24.4. The minimum Gasteiger partial charge on any atom is -0.444 e. The molecule has 104 valence electrons. The Morgan fingerprint density at radius 1 is 1.32 bits per heavy atom. The molecule has 0 bridgehead atoms. The average Bonchev–Trinajstić information content (AvgIpc) is 2.72. The summed E-state index contributed by atoms with van der Waals surface area (Å²) in [6.45, 7) is 5.36. The first-order chi connectivity index (χ1) is 8.78. The van der Waals surface area contributed by atoms with Gasteiger partial charge in [0.1, 0.15) is 10.6 Å². The molecule has 2 rings (SSSR count). The maximum Gasteiger partial charge on any atom is 0.412 e. The van der Waals surface area contributed by atoms with Crippen molar-refractivity contribution in [3.05, 3.63) is 16.0 Å². The van der Waals surface area contributed by atoms with Crippen LogP contribution in [-0.4, -0.2) is 17.6 Å². The monoisotopic (exact) mass is 282 g/mol. The van der Waals surface area contributed by atoms with Crippen LogP contribution in [0.1, 0.15) is 48.0 Å². The van der Waals surface area contributed by atoms with Gasteiger partial charge in [0.25, 0.3) is 5.91 Å². The van der Waals surface area contributed by atoms with Gasteiger partial charge in [-0.1, -0.05) is 0 Å². The Morgan fingerprint density at radius 2 is 2.00 bits per heavy atom. The molecule has 0 aliphatic heterocycles. The first-order valence-electron chi connectivity index (χ1n) is 6.22. The fraction of sp³-hybridized carbons (Fsp3) is 0.538. The zero-order valence-corrected chi connectivity index (χ0v) is 12.1. The number of nitrogens with two attached hydrogens (primary N) is 1. The predicted molar refractivity (Wildman–Crippen MR) is 74.7 cm³/mol. The third-order valence-electron chi connectivity index (χ3n) is 2.78. The van der Waals surface area contributed by atoms with Crippen molar-refractivity contribution in [1.29, 1.82) is 0 Å². The molecule has 0 saturated heterocycles. The Kier molecular flexibility index (Phi) is 3.54. The van der Waals surface area contributed by atoms with Crippen molar-refractivity contribution in [2.45, 2.75) is 45.6 Å². The third kappa shape index (κ3) is 3.07. The first kappa shape index (κ1) is 13.9. The van der Waals surface area contributed by atoms with E-state index in [9.17, 15) is 9.59 Å². The molecular weight excluding hydrogens is 264 g/mol. The lowest BCUT2D eigenvalue weighted by Crippen LogP contribution is -2.27. The van der Waals surface area contributed by atoms with E-state index >= 15 is 0 Å². The van der Waals surface area contributed by atoms with Crippen molar-refractivity contribution in [2.75, 3.05) is 5.32 Å². The number of carbonyl (C=O) groups excluding carboxylic acids is 2. The summed E-state index contributed by atoms with van der Waals surface area (Å²) in [6, 6.07) is 0. The Bertz CT molecular complexity index is 529. The fourth-order valence-corrected chi connectivity index (χ4v) is 3.43. The van der Waals surface area contributed by atoms with E-state index in [0.29, 0.717) is 10.6 Å². The molecule has 5 nitrogen and oxygen atoms in total. The summed E-state index contributed by atoms with van der Waals surface area (Å²) in [5.41, 5.74) is 6.28. The van der Waals surface area contributed by atoms with Crippen LogP contribution in [0, 0.1) is 0 Å². The largest absolute Gasteiger partial charge is 0.444 e. The zero-order valence-electron chi connectivity index (χ0n) is 11.3. The van der Waals surface area contributed by atoms with E-state index in [1.165, 1.54) is 11.3 Å². The number of hydrogen-bond donors (Lipinski definition) is 2. The minimum atomic E-state index is -0.572. The lowest BCUT2D eigenvalue weighted by atomic mass is 10.1. The van der Waals surface area contributed by atoms with Gasteiger partial charge in [-0.15, -0.1) is 11.3 Å². The van der Waals surface area contributed by atoms with Crippen LogP contribution in [0.3, 0.4) is 0 Å². The Hall–Kier alpha value is -1.56. The van der Waals surface area contributed by atoms with Gasteiger partial charge in [0, 0.05) is 4.88 Å². The van der Waals surface area contributed by atoms with Gasteiger partial charge in [-0.25, -0.2) is 4.79 Å². The summed E-state index contributed by atoms with van der Waals surface area (Å²) >= 11 is 1.42. The van der Waals surface area contributed by atoms with Crippen LogP contribution in [0.25, 0.3) is 0 Å². The molecule has 19 heavy (non-hydrogen) atoms.